The summed E-state index contributed by atoms with van der Waals surface area (Å²) in [4.78, 5) is 0. The lowest BCUT2D eigenvalue weighted by molar-refractivity contribution is 0.837. The largest absolute Gasteiger partial charge is 0.303 e. The molecule has 0 amide bonds. The van der Waals surface area contributed by atoms with E-state index in [1.165, 1.54) is 0 Å². The van der Waals surface area contributed by atoms with Crippen molar-refractivity contribution in [3.05, 3.63) is 73.3 Å². The molecule has 0 atom stereocenters. The summed E-state index contributed by atoms with van der Waals surface area (Å²) in [6.45, 7) is 4.51. The van der Waals surface area contributed by atoms with Gasteiger partial charge in [0.1, 0.15) is 0 Å². The van der Waals surface area contributed by atoms with Crippen LogP contribution in [0.4, 0.5) is 0 Å². The molecule has 0 spiro atoms. The van der Waals surface area contributed by atoms with Crippen LogP contribution in [0.25, 0.3) is 22.8 Å². The zero-order valence-electron chi connectivity index (χ0n) is 11.1. The number of rotatable bonds is 4. The molecule has 0 unspecified atom stereocenters. The van der Waals surface area contributed by atoms with Gasteiger partial charge in [0, 0.05) is 17.7 Å². The highest BCUT2D eigenvalue weighted by Crippen LogP contribution is 2.24. The van der Waals surface area contributed by atoms with Gasteiger partial charge in [0.25, 0.3) is 0 Å². The zero-order valence-corrected chi connectivity index (χ0v) is 11.1. The SMILES string of the molecule is C=CCn1c(-c2ccccc2)nnc1-c1ccccc1. The topological polar surface area (TPSA) is 30.7 Å². The van der Waals surface area contributed by atoms with Crippen molar-refractivity contribution < 1.29 is 0 Å². The van der Waals surface area contributed by atoms with E-state index in [1.807, 2.05) is 66.7 Å². The summed E-state index contributed by atoms with van der Waals surface area (Å²) < 4.78 is 2.08. The first-order valence-electron chi connectivity index (χ1n) is 6.55. The van der Waals surface area contributed by atoms with E-state index in [0.717, 1.165) is 22.8 Å². The van der Waals surface area contributed by atoms with Crippen LogP contribution in [-0.4, -0.2) is 14.8 Å². The van der Waals surface area contributed by atoms with Crippen LogP contribution < -0.4 is 0 Å². The van der Waals surface area contributed by atoms with E-state index in [-0.39, 0.29) is 0 Å². The van der Waals surface area contributed by atoms with Crippen molar-refractivity contribution in [2.75, 3.05) is 0 Å². The van der Waals surface area contributed by atoms with Gasteiger partial charge in [0.15, 0.2) is 11.6 Å². The molecule has 20 heavy (non-hydrogen) atoms. The number of hydrogen-bond acceptors (Lipinski definition) is 2. The van der Waals surface area contributed by atoms with Crippen LogP contribution in [0.15, 0.2) is 73.3 Å². The number of nitrogens with zero attached hydrogens (tertiary/aromatic N) is 3. The lowest BCUT2D eigenvalue weighted by Crippen LogP contribution is -2.01. The Labute approximate surface area is 118 Å². The molecular formula is C17H15N3. The van der Waals surface area contributed by atoms with Crippen molar-refractivity contribution >= 4 is 0 Å². The maximum atomic E-state index is 4.35. The molecule has 0 radical (unpaired) electrons. The van der Waals surface area contributed by atoms with Crippen LogP contribution >= 0.6 is 0 Å². The first-order chi connectivity index (χ1) is 9.90. The van der Waals surface area contributed by atoms with E-state index >= 15 is 0 Å². The minimum atomic E-state index is 0.682. The molecule has 3 rings (SSSR count). The summed E-state index contributed by atoms with van der Waals surface area (Å²) in [7, 11) is 0. The van der Waals surface area contributed by atoms with Crippen molar-refractivity contribution in [3.8, 4) is 22.8 Å². The summed E-state index contributed by atoms with van der Waals surface area (Å²) in [5, 5.41) is 8.69. The quantitative estimate of drug-likeness (QED) is 0.669. The minimum Gasteiger partial charge on any atom is -0.303 e. The first-order valence-corrected chi connectivity index (χ1v) is 6.55. The average Bonchev–Trinajstić information content (AvgIpc) is 2.93. The van der Waals surface area contributed by atoms with Crippen LogP contribution in [0.5, 0.6) is 0 Å². The molecule has 3 heteroatoms. The smallest absolute Gasteiger partial charge is 0.164 e. The number of aromatic nitrogens is 3. The second-order valence-corrected chi connectivity index (χ2v) is 4.48. The van der Waals surface area contributed by atoms with Gasteiger partial charge in [-0.15, -0.1) is 16.8 Å². The molecule has 0 saturated heterocycles. The summed E-state index contributed by atoms with van der Waals surface area (Å²) in [6, 6.07) is 20.2. The molecule has 3 nitrogen and oxygen atoms in total. The van der Waals surface area contributed by atoms with Crippen LogP contribution in [0.3, 0.4) is 0 Å². The highest BCUT2D eigenvalue weighted by Gasteiger charge is 2.13. The fourth-order valence-corrected chi connectivity index (χ4v) is 2.21. The van der Waals surface area contributed by atoms with Crippen molar-refractivity contribution in [1.29, 1.82) is 0 Å². The van der Waals surface area contributed by atoms with E-state index < -0.39 is 0 Å². The third kappa shape index (κ3) is 2.26. The molecule has 0 saturated carbocycles. The average molecular weight is 261 g/mol. The Bertz CT molecular complexity index is 643. The second-order valence-electron chi connectivity index (χ2n) is 4.48. The van der Waals surface area contributed by atoms with E-state index in [1.54, 1.807) is 0 Å². The Balaban J connectivity index is 2.14. The maximum Gasteiger partial charge on any atom is 0.164 e. The lowest BCUT2D eigenvalue weighted by Gasteiger charge is -2.07. The van der Waals surface area contributed by atoms with Gasteiger partial charge in [-0.3, -0.25) is 0 Å². The zero-order chi connectivity index (χ0) is 13.8. The van der Waals surface area contributed by atoms with Crippen molar-refractivity contribution in [2.24, 2.45) is 0 Å². The Morgan fingerprint density at radius 2 is 1.25 bits per heavy atom. The molecular weight excluding hydrogens is 246 g/mol. The van der Waals surface area contributed by atoms with Crippen LogP contribution in [0, 0.1) is 0 Å². The van der Waals surface area contributed by atoms with Crippen molar-refractivity contribution in [1.82, 2.24) is 14.8 Å². The van der Waals surface area contributed by atoms with Crippen LogP contribution in [-0.2, 0) is 6.54 Å². The fourth-order valence-electron chi connectivity index (χ4n) is 2.21. The van der Waals surface area contributed by atoms with Crippen molar-refractivity contribution in [2.45, 2.75) is 6.54 Å². The molecule has 0 aliphatic carbocycles. The third-order valence-electron chi connectivity index (χ3n) is 3.13. The Hall–Kier alpha value is -2.68. The normalized spacial score (nSPS) is 10.4. The minimum absolute atomic E-state index is 0.682. The van der Waals surface area contributed by atoms with Crippen LogP contribution in [0.2, 0.25) is 0 Å². The number of benzene rings is 2. The molecule has 0 fully saturated rings. The molecule has 3 aromatic rings. The molecule has 0 aliphatic rings. The van der Waals surface area contributed by atoms with E-state index in [4.69, 9.17) is 0 Å². The highest BCUT2D eigenvalue weighted by atomic mass is 15.3. The second kappa shape index (κ2) is 5.53. The number of hydrogen-bond donors (Lipinski definition) is 0. The van der Waals surface area contributed by atoms with E-state index in [0.29, 0.717) is 6.54 Å². The van der Waals surface area contributed by atoms with Gasteiger partial charge in [0.05, 0.1) is 0 Å². The third-order valence-corrected chi connectivity index (χ3v) is 3.13. The Kier molecular flexibility index (Phi) is 3.42. The van der Waals surface area contributed by atoms with Gasteiger partial charge in [0.2, 0.25) is 0 Å². The molecule has 1 aromatic heterocycles. The summed E-state index contributed by atoms with van der Waals surface area (Å²) in [5.74, 6) is 1.73. The fraction of sp³-hybridized carbons (Fsp3) is 0.0588. The number of allylic oxidation sites excluding steroid dienone is 1. The highest BCUT2D eigenvalue weighted by molar-refractivity contribution is 5.62. The Morgan fingerprint density at radius 1 is 0.800 bits per heavy atom. The van der Waals surface area contributed by atoms with Gasteiger partial charge in [-0.2, -0.15) is 0 Å². The monoisotopic (exact) mass is 261 g/mol. The molecule has 0 bridgehead atoms. The van der Waals surface area contributed by atoms with Gasteiger partial charge >= 0.3 is 0 Å². The predicted octanol–water partition coefficient (Wildman–Crippen LogP) is 3.80. The Morgan fingerprint density at radius 3 is 1.65 bits per heavy atom. The van der Waals surface area contributed by atoms with E-state index in [9.17, 15) is 0 Å². The molecule has 98 valence electrons. The van der Waals surface area contributed by atoms with Gasteiger partial charge in [-0.1, -0.05) is 66.7 Å². The molecule has 0 aliphatic heterocycles. The van der Waals surface area contributed by atoms with Gasteiger partial charge < -0.3 is 4.57 Å². The van der Waals surface area contributed by atoms with Gasteiger partial charge in [-0.05, 0) is 0 Å². The lowest BCUT2D eigenvalue weighted by atomic mass is 10.2. The first kappa shape index (κ1) is 12.4. The van der Waals surface area contributed by atoms with Crippen molar-refractivity contribution in [3.63, 3.8) is 0 Å². The summed E-state index contributed by atoms with van der Waals surface area (Å²) >= 11 is 0. The van der Waals surface area contributed by atoms with E-state index in [2.05, 4.69) is 21.3 Å². The predicted molar refractivity (Wildman–Crippen MR) is 81.1 cm³/mol. The standard InChI is InChI=1S/C17H15N3/c1-2-13-20-16(14-9-5-3-6-10-14)18-19-17(20)15-11-7-4-8-12-15/h2-12H,1,13H2. The summed E-state index contributed by atoms with van der Waals surface area (Å²) in [5.41, 5.74) is 2.12. The van der Waals surface area contributed by atoms with Crippen LogP contribution in [0.1, 0.15) is 0 Å². The molecule has 0 N–H and O–H groups in total. The maximum absolute atomic E-state index is 4.35. The summed E-state index contributed by atoms with van der Waals surface area (Å²) in [6.07, 6.45) is 1.86. The molecule has 1 heterocycles. The molecule has 2 aromatic carbocycles. The van der Waals surface area contributed by atoms with Gasteiger partial charge in [-0.25, -0.2) is 0 Å².